The van der Waals surface area contributed by atoms with E-state index in [1.54, 1.807) is 0 Å². The Balaban J connectivity index is 0.00000136. The van der Waals surface area contributed by atoms with Crippen molar-refractivity contribution in [3.63, 3.8) is 0 Å². The van der Waals surface area contributed by atoms with Gasteiger partial charge in [0.2, 0.25) is 0 Å². The average Bonchev–Trinajstić information content (AvgIpc) is 1.40. The molecule has 9 saturated heterocycles. The SMILES string of the molecule is CC.CC.CC.CC.CC(C)(C)C1C2CCC1CN(C(C)(C)C)C2.CC(C)(C)C1CC2CC1CN2C(C)(C)C.CC(C)(C)C1CC2CCC(C1)N2C(C)(C)C.CC(C)(C)C1CCCN(C(C)(C)C)CC1.CC(C)(C)C1CCCN1C(C)(C)C.CC(C)(C)C1CCN(C(C)(C)C)C1.CC(C)(C)C1CCN(C(C)(C)C)CC1.CC(C)(C)C1CN(C(C)(C)C)C1. The van der Waals surface area contributed by atoms with Crippen LogP contribution in [-0.4, -0.2) is 186 Å². The maximum absolute atomic E-state index is 2.81. The van der Waals surface area contributed by atoms with Gasteiger partial charge in [-0.3, -0.25) is 39.2 Å². The molecule has 2 saturated carbocycles. The van der Waals surface area contributed by atoms with Gasteiger partial charge in [0.15, 0.2) is 0 Å². The molecule has 11 rings (SSSR count). The van der Waals surface area contributed by atoms with Crippen LogP contribution in [0.15, 0.2) is 0 Å². The molecule has 11 aliphatic rings. The zero-order chi connectivity index (χ0) is 96.5. The molecular weight excluding hydrogens is 1480 g/mol. The van der Waals surface area contributed by atoms with E-state index >= 15 is 0 Å². The number of hydrogen-bond donors (Lipinski definition) is 0. The summed E-state index contributed by atoms with van der Waals surface area (Å²) in [6, 6.07) is 3.37. The quantitative estimate of drug-likeness (QED) is 0.237. The van der Waals surface area contributed by atoms with Crippen molar-refractivity contribution < 1.29 is 0 Å². The van der Waals surface area contributed by atoms with Crippen LogP contribution in [0.1, 0.15) is 490 Å². The molecule has 8 heteroatoms. The molecule has 11 fully saturated rings. The highest BCUT2D eigenvalue weighted by atomic mass is 15.3. The summed E-state index contributed by atoms with van der Waals surface area (Å²) in [6.07, 6.45) is 22.6. The molecule has 0 N–H and O–H groups in total. The van der Waals surface area contributed by atoms with E-state index in [-0.39, 0.29) is 0 Å². The third-order valence-electron chi connectivity index (χ3n) is 31.1. The molecule has 0 aromatic rings. The molecule has 0 aromatic heterocycles. The lowest BCUT2D eigenvalue weighted by Gasteiger charge is -2.52. The minimum absolute atomic E-state index is 0.342. The third-order valence-corrected chi connectivity index (χ3v) is 31.1. The fourth-order valence-corrected chi connectivity index (χ4v) is 23.2. The van der Waals surface area contributed by atoms with Crippen LogP contribution in [0.4, 0.5) is 0 Å². The Kier molecular flexibility index (Phi) is 47.9. The van der Waals surface area contributed by atoms with Gasteiger partial charge in [-0.1, -0.05) is 222 Å². The van der Waals surface area contributed by atoms with Gasteiger partial charge in [0.1, 0.15) is 0 Å². The van der Waals surface area contributed by atoms with Gasteiger partial charge in [-0.2, -0.15) is 0 Å². The van der Waals surface area contributed by atoms with Gasteiger partial charge in [-0.05, 0) is 411 Å². The third kappa shape index (κ3) is 39.8. The number of fused-ring (bicyclic) bond motifs is 6. The summed E-state index contributed by atoms with van der Waals surface area (Å²) >= 11 is 0. The summed E-state index contributed by atoms with van der Waals surface area (Å²) in [5.41, 5.74) is 6.86. The Morgan fingerprint density at radius 3 is 0.787 bits per heavy atom. The zero-order valence-electron chi connectivity index (χ0n) is 95.5. The smallest absolute Gasteiger partial charge is 0.0149 e. The molecule has 0 amide bonds. The Hall–Kier alpha value is -0.320. The number of hydrogen-bond acceptors (Lipinski definition) is 8. The van der Waals surface area contributed by atoms with E-state index in [0.717, 1.165) is 83.3 Å². The van der Waals surface area contributed by atoms with Crippen molar-refractivity contribution in [3.05, 3.63) is 0 Å². The van der Waals surface area contributed by atoms with Crippen molar-refractivity contribution in [2.45, 2.75) is 559 Å². The largest absolute Gasteiger partial charge is 0.298 e. The van der Waals surface area contributed by atoms with E-state index in [0.29, 0.717) is 87.6 Å². The molecule has 122 heavy (non-hydrogen) atoms. The summed E-state index contributed by atoms with van der Waals surface area (Å²) in [7, 11) is 0. The first-order chi connectivity index (χ1) is 54.6. The van der Waals surface area contributed by atoms with Gasteiger partial charge < -0.3 is 0 Å². The van der Waals surface area contributed by atoms with Crippen LogP contribution in [0.5, 0.6) is 0 Å². The van der Waals surface area contributed by atoms with Gasteiger partial charge >= 0.3 is 0 Å². The molecular formula is C114H238N8. The van der Waals surface area contributed by atoms with Crippen molar-refractivity contribution in [3.8, 4) is 0 Å². The second kappa shape index (κ2) is 48.0. The maximum atomic E-state index is 2.81. The van der Waals surface area contributed by atoms with Gasteiger partial charge in [0.05, 0.1) is 0 Å². The molecule has 9 aliphatic heterocycles. The van der Waals surface area contributed by atoms with Crippen LogP contribution < -0.4 is 0 Å². The van der Waals surface area contributed by atoms with E-state index in [4.69, 9.17) is 0 Å². The van der Waals surface area contributed by atoms with E-state index in [2.05, 4.69) is 372 Å². The summed E-state index contributed by atoms with van der Waals surface area (Å²) in [5, 5.41) is 0. The second-order valence-electron chi connectivity index (χ2n) is 56.7. The lowest BCUT2D eigenvalue weighted by molar-refractivity contribution is -0.0345. The molecule has 0 spiro atoms. The van der Waals surface area contributed by atoms with Crippen molar-refractivity contribution in [2.75, 3.05) is 78.5 Å². The summed E-state index contributed by atoms with van der Waals surface area (Å²) in [4.78, 5) is 21.4. The Bertz CT molecular complexity index is 2540. The number of rotatable bonds is 0. The highest BCUT2D eigenvalue weighted by Crippen LogP contribution is 2.54. The number of piperidine rings is 4. The molecule has 0 radical (unpaired) electrons. The summed E-state index contributed by atoms with van der Waals surface area (Å²) in [5.74, 6) is 9.34. The predicted octanol–water partition coefficient (Wildman–Crippen LogP) is 32.2. The van der Waals surface area contributed by atoms with Crippen LogP contribution in [0.2, 0.25) is 0 Å². The van der Waals surface area contributed by atoms with Crippen LogP contribution >= 0.6 is 0 Å². The fraction of sp³-hybridized carbons (Fsp3) is 1.00. The van der Waals surface area contributed by atoms with E-state index in [1.807, 2.05) is 55.4 Å². The van der Waals surface area contributed by atoms with Crippen molar-refractivity contribution >= 4 is 0 Å². The second-order valence-corrected chi connectivity index (χ2v) is 56.7. The van der Waals surface area contributed by atoms with E-state index in [1.165, 1.54) is 181 Å². The van der Waals surface area contributed by atoms with Gasteiger partial charge in [0, 0.05) is 108 Å². The monoisotopic (exact) mass is 1720 g/mol. The van der Waals surface area contributed by atoms with Crippen LogP contribution in [0, 0.1) is 102 Å². The predicted molar refractivity (Wildman–Crippen MR) is 556 cm³/mol. The molecule has 734 valence electrons. The highest BCUT2D eigenvalue weighted by molar-refractivity contribution is 5.06. The van der Waals surface area contributed by atoms with Crippen molar-refractivity contribution in [2.24, 2.45) is 102 Å². The van der Waals surface area contributed by atoms with Crippen molar-refractivity contribution in [1.29, 1.82) is 0 Å². The van der Waals surface area contributed by atoms with Gasteiger partial charge in [-0.25, -0.2) is 0 Å². The Labute approximate surface area is 774 Å². The molecule has 10 unspecified atom stereocenters. The molecule has 9 heterocycles. The van der Waals surface area contributed by atoms with Crippen LogP contribution in [0.25, 0.3) is 0 Å². The van der Waals surface area contributed by atoms with Gasteiger partial charge in [-0.15, -0.1) is 0 Å². The highest BCUT2D eigenvalue weighted by Gasteiger charge is 2.53. The first-order valence-electron chi connectivity index (χ1n) is 52.7. The average molecular weight is 1720 g/mol. The van der Waals surface area contributed by atoms with Crippen molar-refractivity contribution in [1.82, 2.24) is 39.2 Å². The summed E-state index contributed by atoms with van der Waals surface area (Å²) in [6.45, 7) is 145. The molecule has 6 bridgehead atoms. The maximum Gasteiger partial charge on any atom is 0.0149 e. The minimum Gasteiger partial charge on any atom is -0.298 e. The minimum atomic E-state index is 0.342. The molecule has 2 aliphatic carbocycles. The lowest BCUT2D eigenvalue weighted by Crippen LogP contribution is -2.59. The molecule has 8 nitrogen and oxygen atoms in total. The van der Waals surface area contributed by atoms with E-state index < -0.39 is 0 Å². The number of likely N-dealkylation sites (tertiary alicyclic amines) is 7. The molecule has 10 atom stereocenters. The van der Waals surface area contributed by atoms with Crippen LogP contribution in [-0.2, 0) is 0 Å². The van der Waals surface area contributed by atoms with Crippen LogP contribution in [0.3, 0.4) is 0 Å². The van der Waals surface area contributed by atoms with E-state index in [9.17, 15) is 0 Å². The standard InChI is InChI=1S/2C15H29N.C14H27N.C14H29N.C13H27N.2C12H25N.C11H23N.4C2H6/c1-14(2,3)11-9-12-7-8-13(10-11)16(12)15(4,5)6;1-14(2,3)13-11-7-8-12(13)10-16(9-11)15(4,5)6;1-13(2,3)12-8-11-7-10(12)9-15(11)14(4,5)6;1-13(2,3)12-8-7-10-15(11-9-12)14(4,5)6;1-12(2,3)11-7-9-14(10-8-11)13(4,5)6;1-11(2,3)10-7-8-13(9-10)12(4,5)6;1-11(2,3)10-8-7-9-13(10)12(4,5)6;1-10(2,3)9-7-12(8-9)11(4,5)6;4*1-2/h2*11-13H,7-10H2,1-6H3;10-12H,7-9H2,1-6H3;12H,7-11H2,1-6H3;11H,7-10H2,1-6H3;2*10H,7-9H2,1-6H3;9H,7-8H2,1-6H3;4*1-2H3. The first kappa shape index (κ1) is 122. The zero-order valence-corrected chi connectivity index (χ0v) is 95.5. The lowest BCUT2D eigenvalue weighted by atomic mass is 9.68. The Morgan fingerprint density at radius 2 is 0.508 bits per heavy atom. The topological polar surface area (TPSA) is 25.9 Å². The van der Waals surface area contributed by atoms with Gasteiger partial charge in [0.25, 0.3) is 0 Å². The normalized spacial score (nSPS) is 28.2. The first-order valence-corrected chi connectivity index (χ1v) is 52.7. The molecule has 0 aromatic carbocycles. The fourth-order valence-electron chi connectivity index (χ4n) is 23.2. The Morgan fingerprint density at radius 1 is 0.189 bits per heavy atom. The number of nitrogens with zero attached hydrogens (tertiary/aromatic N) is 8. The summed E-state index contributed by atoms with van der Waals surface area (Å²) < 4.78 is 0.